The van der Waals surface area contributed by atoms with E-state index in [0.717, 1.165) is 43.1 Å². The molecule has 0 aliphatic carbocycles. The lowest BCUT2D eigenvalue weighted by molar-refractivity contribution is 0.0583. The van der Waals surface area contributed by atoms with Crippen LogP contribution < -0.4 is 15.2 Å². The Hall–Kier alpha value is -0.970. The predicted octanol–water partition coefficient (Wildman–Crippen LogP) is 2.94. The second-order valence-corrected chi connectivity index (χ2v) is 4.82. The molecule has 0 radical (unpaired) electrons. The molecule has 2 rings (SSSR count). The average molecular weight is 302 g/mol. The van der Waals surface area contributed by atoms with Gasteiger partial charge in [0.1, 0.15) is 0 Å². The Morgan fingerprint density at radius 3 is 2.60 bits per heavy atom. The summed E-state index contributed by atoms with van der Waals surface area (Å²) in [4.78, 5) is 0. The zero-order chi connectivity index (χ0) is 13.7. The van der Waals surface area contributed by atoms with Crippen molar-refractivity contribution < 1.29 is 14.2 Å². The maximum absolute atomic E-state index is 6.37. The highest BCUT2D eigenvalue weighted by molar-refractivity contribution is 5.85. The van der Waals surface area contributed by atoms with Crippen molar-refractivity contribution in [2.45, 2.75) is 25.8 Å². The first-order valence-electron chi connectivity index (χ1n) is 6.90. The van der Waals surface area contributed by atoms with Gasteiger partial charge in [0.15, 0.2) is 11.5 Å². The fourth-order valence-corrected chi connectivity index (χ4v) is 2.52. The van der Waals surface area contributed by atoms with Gasteiger partial charge in [-0.25, -0.2) is 0 Å². The zero-order valence-corrected chi connectivity index (χ0v) is 12.9. The molecule has 1 saturated heterocycles. The molecule has 0 bridgehead atoms. The smallest absolute Gasteiger partial charge is 0.161 e. The molecular weight excluding hydrogens is 278 g/mol. The molecule has 0 unspecified atom stereocenters. The number of hydrogen-bond donors (Lipinski definition) is 1. The molecule has 20 heavy (non-hydrogen) atoms. The number of benzene rings is 1. The molecular formula is C15H24ClNO3. The van der Waals surface area contributed by atoms with E-state index in [1.54, 1.807) is 7.11 Å². The van der Waals surface area contributed by atoms with Crippen molar-refractivity contribution in [1.82, 2.24) is 0 Å². The van der Waals surface area contributed by atoms with E-state index in [0.29, 0.717) is 12.5 Å². The molecule has 114 valence electrons. The Morgan fingerprint density at radius 2 is 2.00 bits per heavy atom. The molecule has 1 aliphatic heterocycles. The first-order valence-corrected chi connectivity index (χ1v) is 6.90. The fraction of sp³-hybridized carbons (Fsp3) is 0.600. The molecule has 0 saturated carbocycles. The van der Waals surface area contributed by atoms with Gasteiger partial charge in [-0.1, -0.05) is 6.07 Å². The molecule has 0 spiro atoms. The molecule has 1 aliphatic rings. The minimum absolute atomic E-state index is 0. The maximum atomic E-state index is 6.37. The summed E-state index contributed by atoms with van der Waals surface area (Å²) in [6.07, 6.45) is 2.05. The molecule has 1 aromatic rings. The third-order valence-electron chi connectivity index (χ3n) is 3.65. The number of nitrogens with two attached hydrogens (primary N) is 1. The van der Waals surface area contributed by atoms with Crippen LogP contribution in [-0.2, 0) is 4.74 Å². The Labute approximate surface area is 127 Å². The monoisotopic (exact) mass is 301 g/mol. The normalized spacial score (nSPS) is 17.1. The van der Waals surface area contributed by atoms with Crippen LogP contribution in [0.1, 0.15) is 31.4 Å². The summed E-state index contributed by atoms with van der Waals surface area (Å²) in [7, 11) is 1.65. The highest BCUT2D eigenvalue weighted by atomic mass is 35.5. The summed E-state index contributed by atoms with van der Waals surface area (Å²) in [5.41, 5.74) is 7.48. The van der Waals surface area contributed by atoms with Gasteiger partial charge in [-0.3, -0.25) is 0 Å². The van der Waals surface area contributed by atoms with Crippen molar-refractivity contribution in [2.24, 2.45) is 11.7 Å². The third-order valence-corrected chi connectivity index (χ3v) is 3.65. The second kappa shape index (κ2) is 8.35. The van der Waals surface area contributed by atoms with Crippen molar-refractivity contribution in [3.63, 3.8) is 0 Å². The molecule has 5 heteroatoms. The molecule has 1 fully saturated rings. The molecule has 0 aromatic heterocycles. The van der Waals surface area contributed by atoms with Gasteiger partial charge in [0.25, 0.3) is 0 Å². The summed E-state index contributed by atoms with van der Waals surface area (Å²) in [6, 6.07) is 6.00. The van der Waals surface area contributed by atoms with Crippen molar-refractivity contribution in [3.05, 3.63) is 23.8 Å². The summed E-state index contributed by atoms with van der Waals surface area (Å²) >= 11 is 0. The first-order chi connectivity index (χ1) is 9.26. The number of hydrogen-bond acceptors (Lipinski definition) is 4. The lowest BCUT2D eigenvalue weighted by atomic mass is 9.87. The van der Waals surface area contributed by atoms with Crippen LogP contribution >= 0.6 is 12.4 Å². The van der Waals surface area contributed by atoms with Crippen LogP contribution in [0.2, 0.25) is 0 Å². The second-order valence-electron chi connectivity index (χ2n) is 4.82. The number of halogens is 1. The van der Waals surface area contributed by atoms with Gasteiger partial charge in [-0.2, -0.15) is 0 Å². The number of methoxy groups -OCH3 is 1. The van der Waals surface area contributed by atoms with E-state index in [9.17, 15) is 0 Å². The summed E-state index contributed by atoms with van der Waals surface area (Å²) in [6.45, 7) is 4.20. The first kappa shape index (κ1) is 17.1. The van der Waals surface area contributed by atoms with E-state index in [1.165, 1.54) is 0 Å². The lowest BCUT2D eigenvalue weighted by Crippen LogP contribution is -2.27. The topological polar surface area (TPSA) is 53.7 Å². The van der Waals surface area contributed by atoms with Crippen LogP contribution in [0.15, 0.2) is 18.2 Å². The predicted molar refractivity (Wildman–Crippen MR) is 81.9 cm³/mol. The van der Waals surface area contributed by atoms with E-state index in [1.807, 2.05) is 25.1 Å². The number of ether oxygens (including phenoxy) is 3. The van der Waals surface area contributed by atoms with E-state index < -0.39 is 0 Å². The lowest BCUT2D eigenvalue weighted by Gasteiger charge is -2.28. The van der Waals surface area contributed by atoms with Crippen molar-refractivity contribution in [3.8, 4) is 11.5 Å². The molecule has 1 aromatic carbocycles. The van der Waals surface area contributed by atoms with Crippen LogP contribution in [0.5, 0.6) is 11.5 Å². The van der Waals surface area contributed by atoms with Gasteiger partial charge in [-0.05, 0) is 43.4 Å². The van der Waals surface area contributed by atoms with E-state index >= 15 is 0 Å². The minimum atomic E-state index is 0. The Balaban J connectivity index is 0.00000200. The SMILES string of the molecule is CCOc1cc([C@@H](N)C2CCOCC2)ccc1OC.Cl. The van der Waals surface area contributed by atoms with Gasteiger partial charge in [0.05, 0.1) is 13.7 Å². The van der Waals surface area contributed by atoms with Gasteiger partial charge >= 0.3 is 0 Å². The van der Waals surface area contributed by atoms with E-state index in [-0.39, 0.29) is 18.4 Å². The van der Waals surface area contributed by atoms with Gasteiger partial charge in [-0.15, -0.1) is 12.4 Å². The highest BCUT2D eigenvalue weighted by Gasteiger charge is 2.23. The Morgan fingerprint density at radius 1 is 1.30 bits per heavy atom. The summed E-state index contributed by atoms with van der Waals surface area (Å²) in [5, 5.41) is 0. The van der Waals surface area contributed by atoms with Crippen LogP contribution in [-0.4, -0.2) is 26.9 Å². The van der Waals surface area contributed by atoms with Crippen LogP contribution in [0.3, 0.4) is 0 Å². The van der Waals surface area contributed by atoms with Crippen LogP contribution in [0.25, 0.3) is 0 Å². The zero-order valence-electron chi connectivity index (χ0n) is 12.1. The number of rotatable bonds is 5. The minimum Gasteiger partial charge on any atom is -0.493 e. The molecule has 4 nitrogen and oxygen atoms in total. The van der Waals surface area contributed by atoms with Gasteiger partial charge < -0.3 is 19.9 Å². The Kier molecular flexibility index (Phi) is 7.13. The third kappa shape index (κ3) is 4.01. The van der Waals surface area contributed by atoms with Crippen LogP contribution in [0, 0.1) is 5.92 Å². The van der Waals surface area contributed by atoms with Gasteiger partial charge in [0.2, 0.25) is 0 Å². The summed E-state index contributed by atoms with van der Waals surface area (Å²) in [5.74, 6) is 2.01. The van der Waals surface area contributed by atoms with E-state index in [2.05, 4.69) is 0 Å². The highest BCUT2D eigenvalue weighted by Crippen LogP contribution is 2.34. The van der Waals surface area contributed by atoms with Crippen molar-refractivity contribution in [1.29, 1.82) is 0 Å². The van der Waals surface area contributed by atoms with Crippen molar-refractivity contribution in [2.75, 3.05) is 26.9 Å². The van der Waals surface area contributed by atoms with E-state index in [4.69, 9.17) is 19.9 Å². The van der Waals surface area contributed by atoms with Crippen molar-refractivity contribution >= 4 is 12.4 Å². The molecule has 1 heterocycles. The standard InChI is InChI=1S/C15H23NO3.ClH/c1-3-19-14-10-12(4-5-13(14)17-2)15(16)11-6-8-18-9-7-11;/h4-5,10-11,15H,3,6-9,16H2,1-2H3;1H/t15-;/m0./s1. The quantitative estimate of drug-likeness (QED) is 0.908. The molecule has 0 amide bonds. The van der Waals surface area contributed by atoms with Gasteiger partial charge in [0, 0.05) is 19.3 Å². The fourth-order valence-electron chi connectivity index (χ4n) is 2.52. The maximum Gasteiger partial charge on any atom is 0.161 e. The van der Waals surface area contributed by atoms with Crippen LogP contribution in [0.4, 0.5) is 0 Å². The average Bonchev–Trinajstić information content (AvgIpc) is 2.47. The molecule has 1 atom stereocenters. The Bertz CT molecular complexity index is 408. The summed E-state index contributed by atoms with van der Waals surface area (Å²) < 4.78 is 16.3. The largest absolute Gasteiger partial charge is 0.493 e. The molecule has 2 N–H and O–H groups in total.